The first-order valence-electron chi connectivity index (χ1n) is 7.11. The summed E-state index contributed by atoms with van der Waals surface area (Å²) in [5.74, 6) is 1.10. The van der Waals surface area contributed by atoms with Crippen LogP contribution in [0.4, 0.5) is 5.69 Å². The molecular formula is C17H20ClN3O2. The second-order valence-electron chi connectivity index (χ2n) is 4.86. The number of hydrogen-bond acceptors (Lipinski definition) is 3. The molecule has 0 heterocycles. The van der Waals surface area contributed by atoms with E-state index >= 15 is 0 Å². The van der Waals surface area contributed by atoms with Crippen molar-refractivity contribution in [2.24, 2.45) is 10.7 Å². The molecule has 2 aromatic rings. The van der Waals surface area contributed by atoms with Gasteiger partial charge in [0, 0.05) is 17.8 Å². The van der Waals surface area contributed by atoms with E-state index in [9.17, 15) is 0 Å². The van der Waals surface area contributed by atoms with Gasteiger partial charge in [-0.2, -0.15) is 0 Å². The zero-order valence-corrected chi connectivity index (χ0v) is 13.9. The van der Waals surface area contributed by atoms with E-state index in [0.717, 1.165) is 17.0 Å². The molecular weight excluding hydrogens is 314 g/mol. The molecule has 0 saturated heterocycles. The minimum absolute atomic E-state index is 0.204. The number of halogens is 1. The van der Waals surface area contributed by atoms with Gasteiger partial charge >= 0.3 is 0 Å². The van der Waals surface area contributed by atoms with E-state index in [2.05, 4.69) is 10.3 Å². The zero-order valence-electron chi connectivity index (χ0n) is 13.1. The molecule has 23 heavy (non-hydrogen) atoms. The highest BCUT2D eigenvalue weighted by Gasteiger charge is 2.10. The molecule has 0 aliphatic carbocycles. The predicted octanol–water partition coefficient (Wildman–Crippen LogP) is 3.46. The Morgan fingerprint density at radius 1 is 1.22 bits per heavy atom. The number of hydrogen-bond donors (Lipinski definition) is 2. The SMILES string of the molecule is COc1ccc(NC(N)=NCC(OC)c2cccc(Cl)c2)cc1. The van der Waals surface area contributed by atoms with Crippen LogP contribution in [0, 0.1) is 0 Å². The van der Waals surface area contributed by atoms with Crippen molar-refractivity contribution >= 4 is 23.2 Å². The standard InChI is InChI=1S/C17H20ClN3O2/c1-22-15-8-6-14(7-9-15)21-17(19)20-11-16(23-2)12-4-3-5-13(18)10-12/h3-10,16H,11H2,1-2H3,(H3,19,20,21). The summed E-state index contributed by atoms with van der Waals surface area (Å²) in [5.41, 5.74) is 7.71. The molecule has 0 spiro atoms. The summed E-state index contributed by atoms with van der Waals surface area (Å²) in [7, 11) is 3.26. The van der Waals surface area contributed by atoms with Gasteiger partial charge in [-0.1, -0.05) is 23.7 Å². The van der Waals surface area contributed by atoms with Gasteiger partial charge in [-0.05, 0) is 42.0 Å². The second kappa shape index (κ2) is 8.41. The number of aliphatic imine (C=N–C) groups is 1. The van der Waals surface area contributed by atoms with E-state index < -0.39 is 0 Å². The third-order valence-electron chi connectivity index (χ3n) is 3.29. The Balaban J connectivity index is 1.99. The Hall–Kier alpha value is -2.24. The lowest BCUT2D eigenvalue weighted by molar-refractivity contribution is 0.111. The van der Waals surface area contributed by atoms with E-state index in [1.165, 1.54) is 0 Å². The second-order valence-corrected chi connectivity index (χ2v) is 5.30. The molecule has 0 amide bonds. The summed E-state index contributed by atoms with van der Waals surface area (Å²) < 4.78 is 10.6. The Kier molecular flexibility index (Phi) is 6.26. The zero-order chi connectivity index (χ0) is 16.7. The van der Waals surface area contributed by atoms with E-state index in [-0.39, 0.29) is 6.10 Å². The van der Waals surface area contributed by atoms with Crippen LogP contribution in [-0.4, -0.2) is 26.7 Å². The summed E-state index contributed by atoms with van der Waals surface area (Å²) >= 11 is 6.00. The average Bonchev–Trinajstić information content (AvgIpc) is 2.56. The van der Waals surface area contributed by atoms with Gasteiger partial charge in [-0.25, -0.2) is 0 Å². The molecule has 2 aromatic carbocycles. The Morgan fingerprint density at radius 2 is 1.96 bits per heavy atom. The predicted molar refractivity (Wildman–Crippen MR) is 94.3 cm³/mol. The molecule has 0 aliphatic heterocycles. The molecule has 0 aromatic heterocycles. The first-order chi connectivity index (χ1) is 11.1. The van der Waals surface area contributed by atoms with Crippen LogP contribution in [0.1, 0.15) is 11.7 Å². The minimum atomic E-state index is -0.204. The number of nitrogens with one attached hydrogen (secondary N) is 1. The molecule has 5 nitrogen and oxygen atoms in total. The van der Waals surface area contributed by atoms with Crippen LogP contribution in [0.2, 0.25) is 5.02 Å². The lowest BCUT2D eigenvalue weighted by atomic mass is 10.1. The smallest absolute Gasteiger partial charge is 0.193 e. The lowest BCUT2D eigenvalue weighted by Gasteiger charge is -2.14. The molecule has 1 atom stereocenters. The number of benzene rings is 2. The van der Waals surface area contributed by atoms with Gasteiger partial charge in [0.15, 0.2) is 5.96 Å². The number of nitrogens with two attached hydrogens (primary N) is 1. The monoisotopic (exact) mass is 333 g/mol. The topological polar surface area (TPSA) is 68.9 Å². The van der Waals surface area contributed by atoms with Gasteiger partial charge in [0.25, 0.3) is 0 Å². The van der Waals surface area contributed by atoms with Crippen molar-refractivity contribution in [2.75, 3.05) is 26.1 Å². The minimum Gasteiger partial charge on any atom is -0.497 e. The van der Waals surface area contributed by atoms with Crippen molar-refractivity contribution in [3.8, 4) is 5.75 Å². The quantitative estimate of drug-likeness (QED) is 0.627. The van der Waals surface area contributed by atoms with Crippen LogP contribution >= 0.6 is 11.6 Å². The highest BCUT2D eigenvalue weighted by Crippen LogP contribution is 2.21. The first-order valence-corrected chi connectivity index (χ1v) is 7.49. The maximum atomic E-state index is 6.00. The Morgan fingerprint density at radius 3 is 2.57 bits per heavy atom. The van der Waals surface area contributed by atoms with Gasteiger partial charge in [0.05, 0.1) is 13.7 Å². The average molecular weight is 334 g/mol. The van der Waals surface area contributed by atoms with E-state index in [4.69, 9.17) is 26.8 Å². The molecule has 0 radical (unpaired) electrons. The fourth-order valence-electron chi connectivity index (χ4n) is 2.07. The van der Waals surface area contributed by atoms with Crippen molar-refractivity contribution in [3.05, 3.63) is 59.1 Å². The number of methoxy groups -OCH3 is 2. The summed E-state index contributed by atoms with van der Waals surface area (Å²) in [6.45, 7) is 0.395. The molecule has 0 bridgehead atoms. The van der Waals surface area contributed by atoms with Gasteiger partial charge in [-0.15, -0.1) is 0 Å². The van der Waals surface area contributed by atoms with E-state index in [1.807, 2.05) is 48.5 Å². The summed E-state index contributed by atoms with van der Waals surface area (Å²) in [6.07, 6.45) is -0.204. The summed E-state index contributed by atoms with van der Waals surface area (Å²) in [5, 5.41) is 3.69. The largest absolute Gasteiger partial charge is 0.497 e. The van der Waals surface area contributed by atoms with Crippen LogP contribution in [0.3, 0.4) is 0 Å². The molecule has 0 saturated carbocycles. The van der Waals surface area contributed by atoms with Crippen LogP contribution in [0.5, 0.6) is 5.75 Å². The Bertz CT molecular complexity index is 659. The molecule has 2 rings (SSSR count). The highest BCUT2D eigenvalue weighted by molar-refractivity contribution is 6.30. The van der Waals surface area contributed by atoms with Crippen molar-refractivity contribution in [1.29, 1.82) is 0 Å². The number of nitrogens with zero attached hydrogens (tertiary/aromatic N) is 1. The van der Waals surface area contributed by atoms with Crippen molar-refractivity contribution in [2.45, 2.75) is 6.10 Å². The van der Waals surface area contributed by atoms with Gasteiger partial charge in [0.2, 0.25) is 0 Å². The van der Waals surface area contributed by atoms with Crippen LogP contribution < -0.4 is 15.8 Å². The van der Waals surface area contributed by atoms with Crippen LogP contribution in [-0.2, 0) is 4.74 Å². The van der Waals surface area contributed by atoms with Crippen molar-refractivity contribution in [1.82, 2.24) is 0 Å². The molecule has 0 aliphatic rings. The third-order valence-corrected chi connectivity index (χ3v) is 3.53. The summed E-state index contributed by atoms with van der Waals surface area (Å²) in [4.78, 5) is 4.32. The number of guanidine groups is 1. The number of ether oxygens (including phenoxy) is 2. The van der Waals surface area contributed by atoms with Gasteiger partial charge < -0.3 is 20.5 Å². The fourth-order valence-corrected chi connectivity index (χ4v) is 2.26. The third kappa shape index (κ3) is 5.16. The van der Waals surface area contributed by atoms with Gasteiger partial charge in [-0.3, -0.25) is 4.99 Å². The van der Waals surface area contributed by atoms with Crippen LogP contribution in [0.25, 0.3) is 0 Å². The first kappa shape index (κ1) is 17.1. The van der Waals surface area contributed by atoms with Crippen LogP contribution in [0.15, 0.2) is 53.5 Å². The van der Waals surface area contributed by atoms with Crippen molar-refractivity contribution in [3.63, 3.8) is 0 Å². The maximum absolute atomic E-state index is 6.00. The normalized spacial score (nSPS) is 12.7. The highest BCUT2D eigenvalue weighted by atomic mass is 35.5. The molecule has 122 valence electrons. The Labute approximate surface area is 141 Å². The van der Waals surface area contributed by atoms with E-state index in [0.29, 0.717) is 17.5 Å². The summed E-state index contributed by atoms with van der Waals surface area (Å²) in [6, 6.07) is 14.9. The maximum Gasteiger partial charge on any atom is 0.193 e. The molecule has 1 unspecified atom stereocenters. The molecule has 0 fully saturated rings. The fraction of sp³-hybridized carbons (Fsp3) is 0.235. The van der Waals surface area contributed by atoms with E-state index in [1.54, 1.807) is 14.2 Å². The van der Waals surface area contributed by atoms with Crippen molar-refractivity contribution < 1.29 is 9.47 Å². The number of rotatable bonds is 6. The molecule has 3 N–H and O–H groups in total. The number of anilines is 1. The lowest BCUT2D eigenvalue weighted by Crippen LogP contribution is -2.23. The van der Waals surface area contributed by atoms with Gasteiger partial charge in [0.1, 0.15) is 11.9 Å². The molecule has 6 heteroatoms.